The third kappa shape index (κ3) is 6.74. The van der Waals surface area contributed by atoms with Gasteiger partial charge in [-0.3, -0.25) is 4.99 Å². The van der Waals surface area contributed by atoms with Gasteiger partial charge in [0, 0.05) is 19.7 Å². The molecule has 1 rings (SSSR count). The van der Waals surface area contributed by atoms with Crippen molar-refractivity contribution in [2.24, 2.45) is 4.99 Å². The molecular formula is C15H21F2N3O. The molecule has 6 heteroatoms. The minimum absolute atomic E-state index is 0.0363. The number of guanidine groups is 1. The van der Waals surface area contributed by atoms with Crippen LogP contribution in [0.1, 0.15) is 13.3 Å². The summed E-state index contributed by atoms with van der Waals surface area (Å²) in [5, 5.41) is 6.17. The SMILES string of the molecule is CC=CCCNC(=NC)NCCOc1ccc(F)cc1F. The van der Waals surface area contributed by atoms with Gasteiger partial charge in [-0.25, -0.2) is 8.78 Å². The second-order valence-corrected chi connectivity index (χ2v) is 4.21. The van der Waals surface area contributed by atoms with E-state index in [0.717, 1.165) is 25.1 Å². The van der Waals surface area contributed by atoms with Crippen LogP contribution >= 0.6 is 0 Å². The average molecular weight is 297 g/mol. The summed E-state index contributed by atoms with van der Waals surface area (Å²) >= 11 is 0. The Labute approximate surface area is 123 Å². The third-order valence-electron chi connectivity index (χ3n) is 2.61. The normalized spacial score (nSPS) is 11.7. The van der Waals surface area contributed by atoms with Gasteiger partial charge in [0.2, 0.25) is 0 Å². The summed E-state index contributed by atoms with van der Waals surface area (Å²) in [5.74, 6) is -0.635. The van der Waals surface area contributed by atoms with E-state index in [0.29, 0.717) is 12.5 Å². The van der Waals surface area contributed by atoms with Gasteiger partial charge in [-0.2, -0.15) is 0 Å². The Morgan fingerprint density at radius 2 is 2.05 bits per heavy atom. The molecule has 21 heavy (non-hydrogen) atoms. The number of ether oxygens (including phenoxy) is 1. The second kappa shape index (κ2) is 9.74. The Morgan fingerprint density at radius 3 is 2.71 bits per heavy atom. The Kier molecular flexibility index (Phi) is 7.86. The Morgan fingerprint density at radius 1 is 1.29 bits per heavy atom. The molecule has 0 aliphatic rings. The molecule has 0 aliphatic carbocycles. The lowest BCUT2D eigenvalue weighted by atomic mass is 10.3. The molecule has 0 fully saturated rings. The zero-order chi connectivity index (χ0) is 15.5. The van der Waals surface area contributed by atoms with Crippen LogP contribution < -0.4 is 15.4 Å². The number of benzene rings is 1. The van der Waals surface area contributed by atoms with Crippen LogP contribution in [0.4, 0.5) is 8.78 Å². The van der Waals surface area contributed by atoms with Crippen LogP contribution in [0.25, 0.3) is 0 Å². The molecule has 116 valence electrons. The highest BCUT2D eigenvalue weighted by atomic mass is 19.1. The smallest absolute Gasteiger partial charge is 0.191 e. The summed E-state index contributed by atoms with van der Waals surface area (Å²) in [7, 11) is 1.67. The van der Waals surface area contributed by atoms with Gasteiger partial charge >= 0.3 is 0 Å². The number of hydrogen-bond acceptors (Lipinski definition) is 2. The van der Waals surface area contributed by atoms with Crippen molar-refractivity contribution in [3.63, 3.8) is 0 Å². The molecule has 0 saturated carbocycles. The van der Waals surface area contributed by atoms with Gasteiger partial charge in [0.05, 0.1) is 6.54 Å². The third-order valence-corrected chi connectivity index (χ3v) is 2.61. The van der Waals surface area contributed by atoms with Crippen molar-refractivity contribution in [2.45, 2.75) is 13.3 Å². The average Bonchev–Trinajstić information content (AvgIpc) is 2.47. The first-order valence-corrected chi connectivity index (χ1v) is 6.81. The zero-order valence-corrected chi connectivity index (χ0v) is 12.3. The van der Waals surface area contributed by atoms with E-state index in [1.54, 1.807) is 7.05 Å². The lowest BCUT2D eigenvalue weighted by Gasteiger charge is -2.12. The molecule has 0 aliphatic heterocycles. The van der Waals surface area contributed by atoms with E-state index in [4.69, 9.17) is 4.74 Å². The Balaban J connectivity index is 2.25. The van der Waals surface area contributed by atoms with Gasteiger partial charge in [-0.15, -0.1) is 0 Å². The van der Waals surface area contributed by atoms with Crippen LogP contribution in [0, 0.1) is 11.6 Å². The van der Waals surface area contributed by atoms with Gasteiger partial charge in [0.1, 0.15) is 12.4 Å². The number of nitrogens with zero attached hydrogens (tertiary/aromatic N) is 1. The first-order chi connectivity index (χ1) is 10.2. The maximum Gasteiger partial charge on any atom is 0.191 e. The first-order valence-electron chi connectivity index (χ1n) is 6.81. The highest BCUT2D eigenvalue weighted by Gasteiger charge is 2.04. The maximum atomic E-state index is 13.3. The summed E-state index contributed by atoms with van der Waals surface area (Å²) in [6.45, 7) is 3.45. The molecule has 4 nitrogen and oxygen atoms in total. The molecule has 0 bridgehead atoms. The van der Waals surface area contributed by atoms with Crippen LogP contribution in [0.2, 0.25) is 0 Å². The lowest BCUT2D eigenvalue weighted by Crippen LogP contribution is -2.39. The number of allylic oxidation sites excluding steroid dienone is 1. The van der Waals surface area contributed by atoms with E-state index >= 15 is 0 Å². The fourth-order valence-electron chi connectivity index (χ4n) is 1.58. The number of halogens is 2. The number of hydrogen-bond donors (Lipinski definition) is 2. The summed E-state index contributed by atoms with van der Waals surface area (Å²) in [6, 6.07) is 3.23. The fraction of sp³-hybridized carbons (Fsp3) is 0.400. The summed E-state index contributed by atoms with van der Waals surface area (Å²) < 4.78 is 31.3. The standard InChI is InChI=1S/C15H21F2N3O/c1-3-4-5-8-19-15(18-2)20-9-10-21-14-7-6-12(16)11-13(14)17/h3-4,6-7,11H,5,8-10H2,1-2H3,(H2,18,19,20). The van der Waals surface area contributed by atoms with E-state index in [1.165, 1.54) is 6.07 Å². The van der Waals surface area contributed by atoms with Crippen molar-refractivity contribution in [1.82, 2.24) is 10.6 Å². The molecule has 2 N–H and O–H groups in total. The molecule has 1 aromatic rings. The van der Waals surface area contributed by atoms with Crippen LogP contribution in [0.5, 0.6) is 5.75 Å². The van der Waals surface area contributed by atoms with Gasteiger partial charge in [-0.05, 0) is 25.5 Å². The van der Waals surface area contributed by atoms with Crippen molar-refractivity contribution >= 4 is 5.96 Å². The highest BCUT2D eigenvalue weighted by Crippen LogP contribution is 2.17. The second-order valence-electron chi connectivity index (χ2n) is 4.21. The molecule has 0 amide bonds. The van der Waals surface area contributed by atoms with Crippen LogP contribution in [0.15, 0.2) is 35.3 Å². The van der Waals surface area contributed by atoms with Crippen molar-refractivity contribution in [3.8, 4) is 5.75 Å². The minimum Gasteiger partial charge on any atom is -0.489 e. The molecule has 0 saturated heterocycles. The summed E-state index contributed by atoms with van der Waals surface area (Å²) in [4.78, 5) is 4.05. The van der Waals surface area contributed by atoms with Crippen molar-refractivity contribution in [3.05, 3.63) is 42.0 Å². The van der Waals surface area contributed by atoms with Gasteiger partial charge < -0.3 is 15.4 Å². The first kappa shape index (κ1) is 16.9. The van der Waals surface area contributed by atoms with Gasteiger partial charge in [0.25, 0.3) is 0 Å². The van der Waals surface area contributed by atoms with Crippen molar-refractivity contribution in [2.75, 3.05) is 26.7 Å². The van der Waals surface area contributed by atoms with E-state index in [1.807, 2.05) is 13.0 Å². The number of nitrogens with one attached hydrogen (secondary N) is 2. The molecule has 0 radical (unpaired) electrons. The monoisotopic (exact) mass is 297 g/mol. The minimum atomic E-state index is -0.705. The fourth-order valence-corrected chi connectivity index (χ4v) is 1.58. The summed E-state index contributed by atoms with van der Waals surface area (Å²) in [6.07, 6.45) is 4.96. The van der Waals surface area contributed by atoms with Gasteiger partial charge in [0.15, 0.2) is 17.5 Å². The number of aliphatic imine (C=N–C) groups is 1. The quantitative estimate of drug-likeness (QED) is 0.352. The van der Waals surface area contributed by atoms with E-state index in [2.05, 4.69) is 21.7 Å². The predicted octanol–water partition coefficient (Wildman–Crippen LogP) is 2.47. The molecule has 0 spiro atoms. The summed E-state index contributed by atoms with van der Waals surface area (Å²) in [5.41, 5.74) is 0. The van der Waals surface area contributed by atoms with E-state index in [9.17, 15) is 8.78 Å². The van der Waals surface area contributed by atoms with Gasteiger partial charge in [-0.1, -0.05) is 12.2 Å². The molecule has 1 aromatic carbocycles. The topological polar surface area (TPSA) is 45.7 Å². The maximum absolute atomic E-state index is 13.3. The Bertz CT molecular complexity index is 490. The number of rotatable bonds is 7. The molecule has 0 atom stereocenters. The zero-order valence-electron chi connectivity index (χ0n) is 12.3. The van der Waals surface area contributed by atoms with Crippen LogP contribution in [-0.2, 0) is 0 Å². The Hall–Kier alpha value is -2.11. The van der Waals surface area contributed by atoms with E-state index < -0.39 is 11.6 Å². The molecule has 0 unspecified atom stereocenters. The van der Waals surface area contributed by atoms with Crippen LogP contribution in [-0.4, -0.2) is 32.7 Å². The highest BCUT2D eigenvalue weighted by molar-refractivity contribution is 5.79. The van der Waals surface area contributed by atoms with Crippen LogP contribution in [0.3, 0.4) is 0 Å². The largest absolute Gasteiger partial charge is 0.489 e. The molecule has 0 heterocycles. The van der Waals surface area contributed by atoms with Crippen molar-refractivity contribution in [1.29, 1.82) is 0 Å². The van der Waals surface area contributed by atoms with Crippen molar-refractivity contribution < 1.29 is 13.5 Å². The predicted molar refractivity (Wildman–Crippen MR) is 80.6 cm³/mol. The molecular weight excluding hydrogens is 276 g/mol. The lowest BCUT2D eigenvalue weighted by molar-refractivity contribution is 0.304. The van der Waals surface area contributed by atoms with E-state index in [-0.39, 0.29) is 12.4 Å². The molecule has 0 aromatic heterocycles.